The molecule has 5 rings (SSSR count). The zero-order valence-electron chi connectivity index (χ0n) is 18.1. The number of benzene rings is 2. The van der Waals surface area contributed by atoms with Gasteiger partial charge in [0, 0.05) is 31.0 Å². The maximum atomic E-state index is 13.1. The van der Waals surface area contributed by atoms with Crippen molar-refractivity contribution in [3.63, 3.8) is 0 Å². The minimum atomic E-state index is -0.267. The minimum absolute atomic E-state index is 0.132. The Morgan fingerprint density at radius 1 is 1.24 bits per heavy atom. The number of thioether (sulfide) groups is 1. The fraction of sp³-hybridized carbons (Fsp3) is 0.217. The highest BCUT2D eigenvalue weighted by atomic mass is 35.5. The second-order valence-electron chi connectivity index (χ2n) is 7.78. The zero-order valence-corrected chi connectivity index (χ0v) is 20.4. The number of nitrogens with zero attached hydrogens (tertiary/aromatic N) is 3. The molecule has 0 saturated heterocycles. The molecule has 34 heavy (non-hydrogen) atoms. The van der Waals surface area contributed by atoms with Gasteiger partial charge in [0.1, 0.15) is 5.03 Å². The van der Waals surface area contributed by atoms with Gasteiger partial charge in [-0.15, -0.1) is 0 Å². The van der Waals surface area contributed by atoms with E-state index in [1.165, 1.54) is 22.9 Å². The van der Waals surface area contributed by atoms with Crippen LogP contribution in [0.15, 0.2) is 41.6 Å². The quantitative estimate of drug-likeness (QED) is 0.447. The lowest BCUT2D eigenvalue weighted by atomic mass is 9.94. The molecule has 174 valence electrons. The molecule has 0 fully saturated rings. The van der Waals surface area contributed by atoms with E-state index in [0.717, 1.165) is 24.1 Å². The monoisotopic (exact) mass is 514 g/mol. The number of aromatic nitrogens is 2. The second kappa shape index (κ2) is 9.42. The number of hydrogen-bond acceptors (Lipinski definition) is 7. The van der Waals surface area contributed by atoms with Crippen molar-refractivity contribution in [1.82, 2.24) is 20.6 Å². The van der Waals surface area contributed by atoms with Crippen LogP contribution < -0.4 is 20.9 Å². The molecule has 0 bridgehead atoms. The van der Waals surface area contributed by atoms with E-state index in [1.54, 1.807) is 25.2 Å². The number of anilines is 3. The molecule has 2 amide bonds. The molecule has 8 nitrogen and oxygen atoms in total. The number of fused-ring (bicyclic) bond motifs is 2. The van der Waals surface area contributed by atoms with Gasteiger partial charge in [-0.1, -0.05) is 41.0 Å². The molecule has 2 aliphatic rings. The van der Waals surface area contributed by atoms with Crippen LogP contribution in [-0.2, 0) is 13.0 Å². The predicted octanol–water partition coefficient (Wildman–Crippen LogP) is 4.24. The van der Waals surface area contributed by atoms with Crippen LogP contribution in [0.4, 0.5) is 17.3 Å². The first kappa shape index (κ1) is 22.9. The van der Waals surface area contributed by atoms with E-state index in [-0.39, 0.29) is 11.8 Å². The van der Waals surface area contributed by atoms with Crippen molar-refractivity contribution in [2.24, 2.45) is 0 Å². The number of carbonyl (C=O) groups excluding carboxylic acids is 2. The highest BCUT2D eigenvalue weighted by Gasteiger charge is 2.30. The van der Waals surface area contributed by atoms with E-state index in [9.17, 15) is 9.59 Å². The van der Waals surface area contributed by atoms with Gasteiger partial charge in [-0.3, -0.25) is 14.5 Å². The maximum Gasteiger partial charge on any atom is 0.263 e. The molecule has 1 aromatic heterocycles. The molecule has 2 aromatic carbocycles. The summed E-state index contributed by atoms with van der Waals surface area (Å²) in [5, 5.41) is 10.6. The number of halogens is 2. The highest BCUT2D eigenvalue weighted by molar-refractivity contribution is 7.99. The third kappa shape index (κ3) is 4.20. The van der Waals surface area contributed by atoms with Crippen molar-refractivity contribution in [1.29, 1.82) is 0 Å². The number of rotatable bonds is 4. The topological polar surface area (TPSA) is 99.2 Å². The summed E-state index contributed by atoms with van der Waals surface area (Å²) >= 11 is 14.0. The largest absolute Gasteiger partial charge is 0.355 e. The van der Waals surface area contributed by atoms with Gasteiger partial charge in [-0.2, -0.15) is 0 Å². The summed E-state index contributed by atoms with van der Waals surface area (Å²) in [6, 6.07) is 8.93. The number of hydrogen-bond donors (Lipinski definition) is 3. The molecule has 0 unspecified atom stereocenters. The average Bonchev–Trinajstić information content (AvgIpc) is 2.84. The van der Waals surface area contributed by atoms with E-state index in [1.807, 2.05) is 12.1 Å². The van der Waals surface area contributed by atoms with Crippen molar-refractivity contribution >= 4 is 64.1 Å². The first-order chi connectivity index (χ1) is 16.5. The maximum absolute atomic E-state index is 13.1. The first-order valence-corrected chi connectivity index (χ1v) is 12.3. The molecular weight excluding hydrogens is 495 g/mol. The van der Waals surface area contributed by atoms with Gasteiger partial charge in [0.05, 0.1) is 27.2 Å². The van der Waals surface area contributed by atoms with Crippen molar-refractivity contribution in [2.75, 3.05) is 29.7 Å². The van der Waals surface area contributed by atoms with Crippen LogP contribution in [0.3, 0.4) is 0 Å². The van der Waals surface area contributed by atoms with Gasteiger partial charge < -0.3 is 16.0 Å². The summed E-state index contributed by atoms with van der Waals surface area (Å²) in [6.45, 7) is 1.52. The van der Waals surface area contributed by atoms with Crippen molar-refractivity contribution in [2.45, 2.75) is 18.0 Å². The normalized spacial score (nSPS) is 14.9. The van der Waals surface area contributed by atoms with Crippen LogP contribution in [-0.4, -0.2) is 41.3 Å². The van der Waals surface area contributed by atoms with Gasteiger partial charge >= 0.3 is 0 Å². The van der Waals surface area contributed by atoms with E-state index in [4.69, 9.17) is 23.2 Å². The highest BCUT2D eigenvalue weighted by Crippen LogP contribution is 2.39. The second-order valence-corrected chi connectivity index (χ2v) is 9.53. The van der Waals surface area contributed by atoms with Crippen LogP contribution in [0.1, 0.15) is 31.8 Å². The van der Waals surface area contributed by atoms with Crippen LogP contribution >= 0.6 is 35.0 Å². The van der Waals surface area contributed by atoms with Gasteiger partial charge in [-0.05, 0) is 48.4 Å². The SMILES string of the molecule is CNC(=O)c1cc(Nc2ncc3c(n2)SCN(c2c(Cl)cccc2Cl)C3=O)cc2c1CCNC2. The third-order valence-corrected chi connectivity index (χ3v) is 7.29. The summed E-state index contributed by atoms with van der Waals surface area (Å²) in [5.74, 6) is 0.261. The number of carbonyl (C=O) groups is 2. The molecule has 0 aliphatic carbocycles. The molecule has 3 N–H and O–H groups in total. The lowest BCUT2D eigenvalue weighted by Gasteiger charge is -2.28. The van der Waals surface area contributed by atoms with E-state index in [2.05, 4.69) is 25.9 Å². The van der Waals surface area contributed by atoms with Crippen LogP contribution in [0.2, 0.25) is 10.0 Å². The van der Waals surface area contributed by atoms with Gasteiger partial charge in [-0.25, -0.2) is 9.97 Å². The Morgan fingerprint density at radius 2 is 2.03 bits per heavy atom. The van der Waals surface area contributed by atoms with Crippen LogP contribution in [0.25, 0.3) is 0 Å². The summed E-state index contributed by atoms with van der Waals surface area (Å²) in [6.07, 6.45) is 2.29. The van der Waals surface area contributed by atoms with Gasteiger partial charge in [0.25, 0.3) is 11.8 Å². The Kier molecular flexibility index (Phi) is 6.35. The van der Waals surface area contributed by atoms with E-state index < -0.39 is 0 Å². The summed E-state index contributed by atoms with van der Waals surface area (Å²) in [7, 11) is 1.62. The Labute approximate surface area is 210 Å². The molecule has 11 heteroatoms. The van der Waals surface area contributed by atoms with Crippen LogP contribution in [0, 0.1) is 0 Å². The predicted molar refractivity (Wildman–Crippen MR) is 135 cm³/mol. The first-order valence-electron chi connectivity index (χ1n) is 10.6. The average molecular weight is 515 g/mol. The molecule has 0 atom stereocenters. The molecule has 3 heterocycles. The van der Waals surface area contributed by atoms with E-state index >= 15 is 0 Å². The molecule has 3 aromatic rings. The Morgan fingerprint density at radius 3 is 2.79 bits per heavy atom. The summed E-state index contributed by atoms with van der Waals surface area (Å²) in [5.41, 5.74) is 4.30. The standard InChI is InChI=1S/C23H20Cl2N6O2S/c1-26-20(32)15-8-13(7-12-9-27-6-5-14(12)15)29-23-28-10-16-21(30-23)34-11-31(22(16)33)19-17(24)3-2-4-18(19)25/h2-4,7-8,10,27H,5-6,9,11H2,1H3,(H,26,32)(H,28,29,30). The molecule has 0 radical (unpaired) electrons. The Bertz CT molecular complexity index is 1300. The van der Waals surface area contributed by atoms with E-state index in [0.29, 0.717) is 55.9 Å². The molecule has 2 aliphatic heterocycles. The zero-order chi connectivity index (χ0) is 23.8. The summed E-state index contributed by atoms with van der Waals surface area (Å²) < 4.78 is 0. The van der Waals surface area contributed by atoms with Crippen LogP contribution in [0.5, 0.6) is 0 Å². The lowest BCUT2D eigenvalue weighted by molar-refractivity contribution is 0.0959. The minimum Gasteiger partial charge on any atom is -0.355 e. The van der Waals surface area contributed by atoms with Crippen molar-refractivity contribution in [3.05, 3.63) is 68.8 Å². The number of nitrogens with one attached hydrogen (secondary N) is 3. The third-order valence-electron chi connectivity index (χ3n) is 5.70. The fourth-order valence-corrected chi connectivity index (χ4v) is 5.63. The Hall–Kier alpha value is -2.85. The van der Waals surface area contributed by atoms with Gasteiger partial charge in [0.15, 0.2) is 0 Å². The smallest absolute Gasteiger partial charge is 0.263 e. The summed E-state index contributed by atoms with van der Waals surface area (Å²) in [4.78, 5) is 36.0. The lowest BCUT2D eigenvalue weighted by Crippen LogP contribution is -2.35. The Balaban J connectivity index is 1.43. The molecule has 0 saturated carbocycles. The molecular formula is C23H20Cl2N6O2S. The van der Waals surface area contributed by atoms with Crippen molar-refractivity contribution in [3.8, 4) is 0 Å². The van der Waals surface area contributed by atoms with Gasteiger partial charge in [0.2, 0.25) is 5.95 Å². The fourth-order valence-electron chi connectivity index (χ4n) is 4.09. The number of amides is 2. The molecule has 0 spiro atoms. The number of para-hydroxylation sites is 1. The van der Waals surface area contributed by atoms with Crippen molar-refractivity contribution < 1.29 is 9.59 Å².